The minimum Gasteiger partial charge on any atom is -0.390 e. The van der Waals surface area contributed by atoms with Gasteiger partial charge in [0.1, 0.15) is 4.64 Å². The molecule has 2 rings (SSSR count). The number of hydrogen-bond donors (Lipinski definition) is 2. The molecule has 2 N–H and O–H groups in total. The van der Waals surface area contributed by atoms with Crippen molar-refractivity contribution in [3.8, 4) is 0 Å². The van der Waals surface area contributed by atoms with E-state index in [4.69, 9.17) is 12.2 Å². The molecule has 1 unspecified atom stereocenters. The topological polar surface area (TPSA) is 48.9 Å². The summed E-state index contributed by atoms with van der Waals surface area (Å²) in [4.78, 5) is 7.75. The largest absolute Gasteiger partial charge is 0.390 e. The van der Waals surface area contributed by atoms with Gasteiger partial charge >= 0.3 is 0 Å². The highest BCUT2D eigenvalue weighted by molar-refractivity contribution is 7.71. The van der Waals surface area contributed by atoms with Crippen LogP contribution >= 0.6 is 12.2 Å². The quantitative estimate of drug-likeness (QED) is 0.817. The van der Waals surface area contributed by atoms with Gasteiger partial charge in [-0.15, -0.1) is 0 Å². The van der Waals surface area contributed by atoms with Crippen LogP contribution in [0.1, 0.15) is 38.8 Å². The highest BCUT2D eigenvalue weighted by Crippen LogP contribution is 2.20. The van der Waals surface area contributed by atoms with Crippen LogP contribution in [-0.2, 0) is 6.42 Å². The van der Waals surface area contributed by atoms with Gasteiger partial charge in [0, 0.05) is 6.42 Å². The second kappa shape index (κ2) is 5.80. The lowest BCUT2D eigenvalue weighted by molar-refractivity contribution is 0.0479. The number of hydrogen-bond acceptors (Lipinski definition) is 3. The number of unbranched alkanes of at least 4 members (excludes halogenated alkanes) is 1. The fourth-order valence-electron chi connectivity index (χ4n) is 2.19. The van der Waals surface area contributed by atoms with Crippen LogP contribution < -0.4 is 0 Å². The first kappa shape index (κ1) is 14.2. The molecular weight excluding hydrogens is 256 g/mol. The third-order valence-corrected chi connectivity index (χ3v) is 3.62. The molecule has 1 aromatic heterocycles. The van der Waals surface area contributed by atoms with Gasteiger partial charge in [-0.25, -0.2) is 4.98 Å². The molecule has 19 heavy (non-hydrogen) atoms. The van der Waals surface area contributed by atoms with E-state index in [1.807, 2.05) is 31.2 Å². The predicted octanol–water partition coefficient (Wildman–Crippen LogP) is 3.78. The predicted molar refractivity (Wildman–Crippen MR) is 80.8 cm³/mol. The van der Waals surface area contributed by atoms with Crippen molar-refractivity contribution in [2.24, 2.45) is 0 Å². The van der Waals surface area contributed by atoms with Gasteiger partial charge in [0.15, 0.2) is 0 Å². The molecular formula is C15H20N2OS. The lowest BCUT2D eigenvalue weighted by Crippen LogP contribution is -2.27. The molecule has 0 amide bonds. The molecule has 2 aromatic rings. The van der Waals surface area contributed by atoms with Crippen molar-refractivity contribution >= 4 is 23.3 Å². The molecule has 0 saturated carbocycles. The van der Waals surface area contributed by atoms with Crippen LogP contribution in [0.4, 0.5) is 0 Å². The number of H-pyrrole nitrogens is 1. The van der Waals surface area contributed by atoms with Crippen molar-refractivity contribution in [3.63, 3.8) is 0 Å². The van der Waals surface area contributed by atoms with E-state index < -0.39 is 5.60 Å². The number of aromatic nitrogens is 2. The molecule has 0 radical (unpaired) electrons. The molecule has 1 heterocycles. The standard InChI is InChI=1S/C15H20N2OS/c1-3-4-9-15(2,18)10-13-14(19)17-12-8-6-5-7-11(12)16-13/h5-8,18H,3-4,9-10H2,1-2H3,(H,17,19). The molecule has 0 spiro atoms. The average Bonchev–Trinajstić information content (AvgIpc) is 2.37. The number of aromatic amines is 1. The van der Waals surface area contributed by atoms with E-state index in [9.17, 15) is 5.11 Å². The molecule has 0 fully saturated rings. The summed E-state index contributed by atoms with van der Waals surface area (Å²) in [5, 5.41) is 10.4. The van der Waals surface area contributed by atoms with Crippen LogP contribution in [0.3, 0.4) is 0 Å². The summed E-state index contributed by atoms with van der Waals surface area (Å²) in [5.74, 6) is 0. The fourth-order valence-corrected chi connectivity index (χ4v) is 2.42. The van der Waals surface area contributed by atoms with Gasteiger partial charge < -0.3 is 10.1 Å². The zero-order valence-electron chi connectivity index (χ0n) is 11.4. The summed E-state index contributed by atoms with van der Waals surface area (Å²) < 4.78 is 0.621. The molecule has 4 heteroatoms. The van der Waals surface area contributed by atoms with E-state index in [0.717, 1.165) is 36.0 Å². The van der Waals surface area contributed by atoms with Crippen LogP contribution in [0.5, 0.6) is 0 Å². The number of rotatable bonds is 5. The molecule has 0 saturated heterocycles. The Balaban J connectivity index is 2.30. The average molecular weight is 276 g/mol. The smallest absolute Gasteiger partial charge is 0.125 e. The monoisotopic (exact) mass is 276 g/mol. The Hall–Kier alpha value is -1.26. The maximum atomic E-state index is 10.4. The van der Waals surface area contributed by atoms with E-state index >= 15 is 0 Å². The Morgan fingerprint density at radius 2 is 2.11 bits per heavy atom. The van der Waals surface area contributed by atoms with Crippen LogP contribution in [0, 0.1) is 4.64 Å². The van der Waals surface area contributed by atoms with Crippen molar-refractivity contribution in [2.75, 3.05) is 0 Å². The molecule has 0 aliphatic heterocycles. The van der Waals surface area contributed by atoms with Gasteiger partial charge in [-0.1, -0.05) is 44.1 Å². The van der Waals surface area contributed by atoms with E-state index in [1.165, 1.54) is 0 Å². The highest BCUT2D eigenvalue weighted by atomic mass is 32.1. The number of benzene rings is 1. The normalized spacial score (nSPS) is 14.5. The van der Waals surface area contributed by atoms with Crippen LogP contribution in [-0.4, -0.2) is 20.7 Å². The number of fused-ring (bicyclic) bond motifs is 1. The minimum absolute atomic E-state index is 0.493. The first-order valence-corrected chi connectivity index (χ1v) is 7.13. The van der Waals surface area contributed by atoms with Gasteiger partial charge in [0.2, 0.25) is 0 Å². The number of aliphatic hydroxyl groups is 1. The summed E-state index contributed by atoms with van der Waals surface area (Å²) in [6, 6.07) is 7.81. The molecule has 0 bridgehead atoms. The highest BCUT2D eigenvalue weighted by Gasteiger charge is 2.22. The van der Waals surface area contributed by atoms with Crippen molar-refractivity contribution in [3.05, 3.63) is 34.6 Å². The summed E-state index contributed by atoms with van der Waals surface area (Å²) in [6.07, 6.45) is 3.35. The molecule has 3 nitrogen and oxygen atoms in total. The number of nitrogens with one attached hydrogen (secondary N) is 1. The number of nitrogens with zero attached hydrogens (tertiary/aromatic N) is 1. The van der Waals surface area contributed by atoms with E-state index in [1.54, 1.807) is 0 Å². The van der Waals surface area contributed by atoms with Gasteiger partial charge in [0.25, 0.3) is 0 Å². The Labute approximate surface area is 118 Å². The summed E-state index contributed by atoms with van der Waals surface area (Å²) in [6.45, 7) is 3.98. The first-order chi connectivity index (χ1) is 9.02. The maximum absolute atomic E-state index is 10.4. The SMILES string of the molecule is CCCCC(C)(O)Cc1nc2ccccc2[nH]c1=S. The summed E-state index contributed by atoms with van der Waals surface area (Å²) in [5.41, 5.74) is 1.85. The zero-order chi connectivity index (χ0) is 13.9. The second-order valence-corrected chi connectivity index (χ2v) is 5.72. The summed E-state index contributed by atoms with van der Waals surface area (Å²) >= 11 is 5.33. The van der Waals surface area contributed by atoms with Crippen molar-refractivity contribution in [1.29, 1.82) is 0 Å². The molecule has 102 valence electrons. The van der Waals surface area contributed by atoms with Crippen molar-refractivity contribution in [1.82, 2.24) is 9.97 Å². The van der Waals surface area contributed by atoms with Crippen molar-refractivity contribution < 1.29 is 5.11 Å². The Morgan fingerprint density at radius 1 is 1.37 bits per heavy atom. The molecule has 0 aliphatic rings. The van der Waals surface area contributed by atoms with E-state index in [-0.39, 0.29) is 0 Å². The molecule has 1 aromatic carbocycles. The van der Waals surface area contributed by atoms with Crippen molar-refractivity contribution in [2.45, 2.75) is 45.1 Å². The third-order valence-electron chi connectivity index (χ3n) is 3.29. The van der Waals surface area contributed by atoms with Gasteiger partial charge in [0.05, 0.1) is 22.3 Å². The maximum Gasteiger partial charge on any atom is 0.125 e. The van der Waals surface area contributed by atoms with E-state index in [2.05, 4.69) is 16.9 Å². The van der Waals surface area contributed by atoms with Gasteiger partial charge in [-0.05, 0) is 25.5 Å². The zero-order valence-corrected chi connectivity index (χ0v) is 12.3. The Morgan fingerprint density at radius 3 is 2.84 bits per heavy atom. The Bertz CT molecular complexity index is 619. The lowest BCUT2D eigenvalue weighted by Gasteiger charge is -2.22. The lowest BCUT2D eigenvalue weighted by atomic mass is 9.94. The van der Waals surface area contributed by atoms with Crippen LogP contribution in [0.15, 0.2) is 24.3 Å². The van der Waals surface area contributed by atoms with Crippen LogP contribution in [0.2, 0.25) is 0 Å². The molecule has 1 atom stereocenters. The first-order valence-electron chi connectivity index (χ1n) is 6.72. The number of para-hydroxylation sites is 2. The Kier molecular flexibility index (Phi) is 4.32. The van der Waals surface area contributed by atoms with Gasteiger partial charge in [-0.3, -0.25) is 0 Å². The minimum atomic E-state index is -0.743. The van der Waals surface area contributed by atoms with Crippen LogP contribution in [0.25, 0.3) is 11.0 Å². The molecule has 0 aliphatic carbocycles. The third kappa shape index (κ3) is 3.61. The van der Waals surface area contributed by atoms with Gasteiger partial charge in [-0.2, -0.15) is 0 Å². The second-order valence-electron chi connectivity index (χ2n) is 5.31. The summed E-state index contributed by atoms with van der Waals surface area (Å²) in [7, 11) is 0. The fraction of sp³-hybridized carbons (Fsp3) is 0.467. The van der Waals surface area contributed by atoms with E-state index in [0.29, 0.717) is 11.1 Å².